The van der Waals surface area contributed by atoms with Gasteiger partial charge >= 0.3 is 6.03 Å². The molecule has 130 valence electrons. The number of hydrogen-bond acceptors (Lipinski definition) is 2. The second kappa shape index (κ2) is 7.53. The third-order valence-electron chi connectivity index (χ3n) is 4.02. The van der Waals surface area contributed by atoms with E-state index in [1.54, 1.807) is 24.3 Å². The molecule has 0 aliphatic carbocycles. The van der Waals surface area contributed by atoms with Crippen molar-refractivity contribution in [1.82, 2.24) is 4.90 Å². The Labute approximate surface area is 149 Å². The lowest BCUT2D eigenvalue weighted by Gasteiger charge is -2.24. The monoisotopic (exact) mass is 361 g/mol. The number of benzene rings is 2. The molecule has 3 rings (SSSR count). The molecule has 5 nitrogen and oxygen atoms in total. The molecule has 2 N–H and O–H groups in total. The Morgan fingerprint density at radius 1 is 1.00 bits per heavy atom. The molecule has 2 aromatic carbocycles. The molecule has 0 bridgehead atoms. The lowest BCUT2D eigenvalue weighted by atomic mass is 10.2. The lowest BCUT2D eigenvalue weighted by molar-refractivity contribution is -0.119. The third-order valence-corrected chi connectivity index (χ3v) is 4.28. The molecule has 1 aliphatic rings. The van der Waals surface area contributed by atoms with Gasteiger partial charge in [-0.25, -0.2) is 9.18 Å². The van der Waals surface area contributed by atoms with Gasteiger partial charge in [0.05, 0.1) is 0 Å². The van der Waals surface area contributed by atoms with Gasteiger partial charge in [-0.05, 0) is 61.4 Å². The lowest BCUT2D eigenvalue weighted by Crippen LogP contribution is -2.45. The largest absolute Gasteiger partial charge is 0.324 e. The van der Waals surface area contributed by atoms with Crippen molar-refractivity contribution in [1.29, 1.82) is 0 Å². The zero-order valence-corrected chi connectivity index (χ0v) is 14.1. The average molecular weight is 362 g/mol. The first-order chi connectivity index (χ1) is 12.0. The van der Waals surface area contributed by atoms with Crippen molar-refractivity contribution in [3.8, 4) is 0 Å². The summed E-state index contributed by atoms with van der Waals surface area (Å²) in [5.74, 6) is -0.654. The van der Waals surface area contributed by atoms with Gasteiger partial charge in [0.1, 0.15) is 11.9 Å². The van der Waals surface area contributed by atoms with E-state index in [9.17, 15) is 14.0 Å². The van der Waals surface area contributed by atoms with Crippen molar-refractivity contribution in [3.63, 3.8) is 0 Å². The predicted octanol–water partition coefficient (Wildman–Crippen LogP) is 4.11. The highest BCUT2D eigenvalue weighted by Gasteiger charge is 2.34. The molecule has 3 amide bonds. The Bertz CT molecular complexity index is 699. The number of carbonyl (C=O) groups is 2. The maximum absolute atomic E-state index is 12.9. The molecular formula is C18H17ClFN3O2. The van der Waals surface area contributed by atoms with Gasteiger partial charge in [0.15, 0.2) is 0 Å². The van der Waals surface area contributed by atoms with E-state index >= 15 is 0 Å². The number of likely N-dealkylation sites (tertiary alicyclic amines) is 1. The van der Waals surface area contributed by atoms with Crippen LogP contribution in [0.2, 0.25) is 5.02 Å². The fraction of sp³-hybridized carbons (Fsp3) is 0.222. The van der Waals surface area contributed by atoms with Crippen molar-refractivity contribution in [2.75, 3.05) is 17.2 Å². The molecule has 1 unspecified atom stereocenters. The van der Waals surface area contributed by atoms with Gasteiger partial charge in [0, 0.05) is 22.9 Å². The molecule has 1 fully saturated rings. The Morgan fingerprint density at radius 3 is 2.28 bits per heavy atom. The Morgan fingerprint density at radius 2 is 1.60 bits per heavy atom. The van der Waals surface area contributed by atoms with E-state index in [0.717, 1.165) is 6.42 Å². The number of anilines is 2. The van der Waals surface area contributed by atoms with E-state index in [-0.39, 0.29) is 17.8 Å². The van der Waals surface area contributed by atoms with Crippen LogP contribution in [0.1, 0.15) is 12.8 Å². The normalized spacial score (nSPS) is 16.6. The van der Waals surface area contributed by atoms with Crippen LogP contribution in [0.3, 0.4) is 0 Å². The van der Waals surface area contributed by atoms with Gasteiger partial charge in [-0.15, -0.1) is 0 Å². The molecule has 1 atom stereocenters. The summed E-state index contributed by atoms with van der Waals surface area (Å²) in [6, 6.07) is 11.4. The highest BCUT2D eigenvalue weighted by atomic mass is 35.5. The van der Waals surface area contributed by atoms with Crippen molar-refractivity contribution >= 4 is 34.9 Å². The number of nitrogens with one attached hydrogen (secondary N) is 2. The highest BCUT2D eigenvalue weighted by molar-refractivity contribution is 6.30. The van der Waals surface area contributed by atoms with Crippen LogP contribution >= 0.6 is 11.6 Å². The van der Waals surface area contributed by atoms with Crippen LogP contribution < -0.4 is 10.6 Å². The van der Waals surface area contributed by atoms with E-state index in [1.165, 1.54) is 29.2 Å². The molecule has 1 saturated heterocycles. The minimum absolute atomic E-state index is 0.282. The first kappa shape index (κ1) is 17.2. The molecule has 0 saturated carbocycles. The Balaban J connectivity index is 1.64. The summed E-state index contributed by atoms with van der Waals surface area (Å²) >= 11 is 5.83. The zero-order chi connectivity index (χ0) is 17.8. The van der Waals surface area contributed by atoms with Crippen LogP contribution in [0.15, 0.2) is 48.5 Å². The van der Waals surface area contributed by atoms with Crippen molar-refractivity contribution in [2.45, 2.75) is 18.9 Å². The van der Waals surface area contributed by atoms with Crippen molar-refractivity contribution in [2.24, 2.45) is 0 Å². The van der Waals surface area contributed by atoms with Crippen molar-refractivity contribution < 1.29 is 14.0 Å². The van der Waals surface area contributed by atoms with Gasteiger partial charge in [0.2, 0.25) is 5.91 Å². The second-order valence-corrected chi connectivity index (χ2v) is 6.22. The fourth-order valence-corrected chi connectivity index (χ4v) is 2.90. The van der Waals surface area contributed by atoms with E-state index in [4.69, 9.17) is 11.6 Å². The van der Waals surface area contributed by atoms with Crippen molar-refractivity contribution in [3.05, 3.63) is 59.4 Å². The highest BCUT2D eigenvalue weighted by Crippen LogP contribution is 2.21. The maximum Gasteiger partial charge on any atom is 0.322 e. The molecule has 0 radical (unpaired) electrons. The van der Waals surface area contributed by atoms with Crippen LogP contribution in [0.5, 0.6) is 0 Å². The second-order valence-electron chi connectivity index (χ2n) is 5.78. The quantitative estimate of drug-likeness (QED) is 0.864. The minimum Gasteiger partial charge on any atom is -0.324 e. The predicted molar refractivity (Wildman–Crippen MR) is 95.2 cm³/mol. The topological polar surface area (TPSA) is 61.4 Å². The summed E-state index contributed by atoms with van der Waals surface area (Å²) in [5.41, 5.74) is 1.11. The molecule has 1 heterocycles. The number of halogens is 2. The molecule has 25 heavy (non-hydrogen) atoms. The first-order valence-electron chi connectivity index (χ1n) is 7.92. The summed E-state index contributed by atoms with van der Waals surface area (Å²) in [6.07, 6.45) is 1.33. The number of urea groups is 1. The molecular weight excluding hydrogens is 345 g/mol. The summed E-state index contributed by atoms with van der Waals surface area (Å²) in [5, 5.41) is 6.07. The molecule has 7 heteroatoms. The Kier molecular flexibility index (Phi) is 5.19. The average Bonchev–Trinajstić information content (AvgIpc) is 3.09. The summed E-state index contributed by atoms with van der Waals surface area (Å²) < 4.78 is 12.9. The van der Waals surface area contributed by atoms with E-state index in [2.05, 4.69) is 10.6 Å². The van der Waals surface area contributed by atoms with Crippen LogP contribution in [0, 0.1) is 5.82 Å². The smallest absolute Gasteiger partial charge is 0.322 e. The molecule has 0 aromatic heterocycles. The SMILES string of the molecule is O=C(Nc1ccc(F)cc1)C1CCCN1C(=O)Nc1ccc(Cl)cc1. The van der Waals surface area contributed by atoms with Crippen LogP contribution in [-0.2, 0) is 4.79 Å². The summed E-state index contributed by atoms with van der Waals surface area (Å²) in [6.45, 7) is 0.501. The molecule has 0 spiro atoms. The van der Waals surface area contributed by atoms with Gasteiger partial charge in [-0.1, -0.05) is 11.6 Å². The fourth-order valence-electron chi connectivity index (χ4n) is 2.77. The van der Waals surface area contributed by atoms with E-state index in [0.29, 0.717) is 29.4 Å². The molecule has 2 aromatic rings. The first-order valence-corrected chi connectivity index (χ1v) is 8.30. The Hall–Kier alpha value is -2.60. The van der Waals surface area contributed by atoms with Gasteiger partial charge in [-0.2, -0.15) is 0 Å². The maximum atomic E-state index is 12.9. The van der Waals surface area contributed by atoms with Gasteiger partial charge < -0.3 is 15.5 Å². The van der Waals surface area contributed by atoms with Gasteiger partial charge in [-0.3, -0.25) is 4.79 Å². The van der Waals surface area contributed by atoms with Gasteiger partial charge in [0.25, 0.3) is 0 Å². The van der Waals surface area contributed by atoms with Crippen LogP contribution in [-0.4, -0.2) is 29.4 Å². The minimum atomic E-state index is -0.558. The summed E-state index contributed by atoms with van der Waals surface area (Å²) in [4.78, 5) is 26.4. The number of rotatable bonds is 3. The number of amides is 3. The van der Waals surface area contributed by atoms with Crippen LogP contribution in [0.25, 0.3) is 0 Å². The van der Waals surface area contributed by atoms with Crippen LogP contribution in [0.4, 0.5) is 20.6 Å². The summed E-state index contributed by atoms with van der Waals surface area (Å²) in [7, 11) is 0. The number of carbonyl (C=O) groups excluding carboxylic acids is 2. The number of nitrogens with zero attached hydrogens (tertiary/aromatic N) is 1. The zero-order valence-electron chi connectivity index (χ0n) is 13.3. The van der Waals surface area contributed by atoms with E-state index < -0.39 is 6.04 Å². The third kappa shape index (κ3) is 4.28. The molecule has 1 aliphatic heterocycles. The standard InChI is InChI=1S/C18H17ClFN3O2/c19-12-3-7-15(8-4-12)22-18(25)23-11-1-2-16(23)17(24)21-14-9-5-13(20)6-10-14/h3-10,16H,1-2,11H2,(H,21,24)(H,22,25). The van der Waals surface area contributed by atoms with E-state index in [1.807, 2.05) is 0 Å². The number of hydrogen-bond donors (Lipinski definition) is 2.